The van der Waals surface area contributed by atoms with E-state index in [1.165, 1.54) is 0 Å². The fraction of sp³-hybridized carbons (Fsp3) is 0.375. The Morgan fingerprint density at radius 3 is 2.41 bits per heavy atom. The fourth-order valence-corrected chi connectivity index (χ4v) is 5.24. The monoisotopic (exact) mass is 556 g/mol. The van der Waals surface area contributed by atoms with Gasteiger partial charge in [-0.3, -0.25) is 14.4 Å². The standard InChI is InChI=1S/C32H40N6O3/c1-4-23-12-13-27(17-26(23)18-29(39)37-28-11-7-8-15-35-28)36-30(40)21-38(31(41)32(2)14-16-34-22-32)20-25-10-6-5-9-24(25)19-33-3/h5-13,15,17,33-34H,4,14,16,18-22H2,1-3H3,(H,36,40)(H,35,37,39). The molecule has 9 heteroatoms. The molecule has 0 saturated carbocycles. The minimum atomic E-state index is -0.560. The van der Waals surface area contributed by atoms with E-state index >= 15 is 0 Å². The van der Waals surface area contributed by atoms with Crippen LogP contribution in [-0.4, -0.2) is 54.3 Å². The van der Waals surface area contributed by atoms with Crippen LogP contribution >= 0.6 is 0 Å². The highest BCUT2D eigenvalue weighted by molar-refractivity contribution is 5.96. The summed E-state index contributed by atoms with van der Waals surface area (Å²) in [6.07, 6.45) is 3.26. The molecule has 1 atom stereocenters. The van der Waals surface area contributed by atoms with Crippen LogP contribution in [0.4, 0.5) is 11.5 Å². The van der Waals surface area contributed by atoms with Crippen molar-refractivity contribution >= 4 is 29.2 Å². The molecular formula is C32H40N6O3. The lowest BCUT2D eigenvalue weighted by Gasteiger charge is -2.31. The summed E-state index contributed by atoms with van der Waals surface area (Å²) >= 11 is 0. The zero-order chi connectivity index (χ0) is 29.2. The van der Waals surface area contributed by atoms with Crippen LogP contribution in [0.15, 0.2) is 66.9 Å². The van der Waals surface area contributed by atoms with E-state index in [0.717, 1.165) is 41.6 Å². The van der Waals surface area contributed by atoms with E-state index in [9.17, 15) is 14.4 Å². The molecule has 1 aliphatic rings. The number of rotatable bonds is 12. The number of nitrogens with one attached hydrogen (secondary N) is 4. The van der Waals surface area contributed by atoms with E-state index < -0.39 is 5.41 Å². The van der Waals surface area contributed by atoms with Gasteiger partial charge in [0.25, 0.3) is 0 Å². The molecule has 216 valence electrons. The number of carbonyl (C=O) groups excluding carboxylic acids is 3. The first kappa shape index (κ1) is 29.9. The van der Waals surface area contributed by atoms with Gasteiger partial charge in [0.1, 0.15) is 12.4 Å². The van der Waals surface area contributed by atoms with Crippen LogP contribution in [0, 0.1) is 5.41 Å². The van der Waals surface area contributed by atoms with Gasteiger partial charge < -0.3 is 26.2 Å². The molecule has 9 nitrogen and oxygen atoms in total. The lowest BCUT2D eigenvalue weighted by atomic mass is 9.87. The number of aryl methyl sites for hydroxylation is 1. The van der Waals surface area contributed by atoms with E-state index in [0.29, 0.717) is 31.1 Å². The molecule has 2 heterocycles. The molecule has 1 saturated heterocycles. The van der Waals surface area contributed by atoms with Crippen molar-refractivity contribution in [1.82, 2.24) is 20.5 Å². The van der Waals surface area contributed by atoms with Gasteiger partial charge in [-0.05, 0) is 79.9 Å². The molecule has 0 aliphatic carbocycles. The van der Waals surface area contributed by atoms with Gasteiger partial charge in [0.15, 0.2) is 0 Å². The summed E-state index contributed by atoms with van der Waals surface area (Å²) in [6, 6.07) is 18.9. The number of carbonyl (C=O) groups is 3. The van der Waals surface area contributed by atoms with Gasteiger partial charge in [-0.15, -0.1) is 0 Å². The van der Waals surface area contributed by atoms with Crippen molar-refractivity contribution in [1.29, 1.82) is 0 Å². The van der Waals surface area contributed by atoms with Crippen LogP contribution in [0.2, 0.25) is 0 Å². The highest BCUT2D eigenvalue weighted by atomic mass is 16.2. The second-order valence-corrected chi connectivity index (χ2v) is 10.8. The summed E-state index contributed by atoms with van der Waals surface area (Å²) in [6.45, 7) is 6.29. The first-order valence-corrected chi connectivity index (χ1v) is 14.2. The molecule has 1 unspecified atom stereocenters. The predicted octanol–water partition coefficient (Wildman–Crippen LogP) is 3.51. The number of pyridine rings is 1. The van der Waals surface area contributed by atoms with E-state index in [4.69, 9.17) is 0 Å². The highest BCUT2D eigenvalue weighted by Crippen LogP contribution is 2.28. The molecule has 4 rings (SSSR count). The third-order valence-corrected chi connectivity index (χ3v) is 7.51. The minimum Gasteiger partial charge on any atom is -0.329 e. The summed E-state index contributed by atoms with van der Waals surface area (Å²) in [7, 11) is 1.89. The van der Waals surface area contributed by atoms with Crippen LogP contribution in [-0.2, 0) is 40.3 Å². The predicted molar refractivity (Wildman–Crippen MR) is 161 cm³/mol. The molecule has 0 spiro atoms. The Morgan fingerprint density at radius 1 is 0.951 bits per heavy atom. The lowest BCUT2D eigenvalue weighted by molar-refractivity contribution is -0.143. The van der Waals surface area contributed by atoms with Crippen LogP contribution < -0.4 is 21.3 Å². The normalized spacial score (nSPS) is 16.3. The van der Waals surface area contributed by atoms with Gasteiger partial charge in [-0.2, -0.15) is 0 Å². The van der Waals surface area contributed by atoms with Crippen molar-refractivity contribution in [2.75, 3.05) is 37.3 Å². The first-order chi connectivity index (χ1) is 19.8. The van der Waals surface area contributed by atoms with Gasteiger partial charge in [-0.25, -0.2) is 4.98 Å². The van der Waals surface area contributed by atoms with Gasteiger partial charge in [0.2, 0.25) is 17.7 Å². The number of hydrogen-bond donors (Lipinski definition) is 4. The van der Waals surface area contributed by atoms with E-state index in [1.54, 1.807) is 23.2 Å². The smallest absolute Gasteiger partial charge is 0.244 e. The lowest BCUT2D eigenvalue weighted by Crippen LogP contribution is -2.46. The van der Waals surface area contributed by atoms with Crippen molar-refractivity contribution in [3.05, 3.63) is 89.1 Å². The van der Waals surface area contributed by atoms with Crippen molar-refractivity contribution < 1.29 is 14.4 Å². The second kappa shape index (κ2) is 14.0. The van der Waals surface area contributed by atoms with Crippen molar-refractivity contribution in [2.24, 2.45) is 5.41 Å². The average molecular weight is 557 g/mol. The van der Waals surface area contributed by atoms with Crippen LogP contribution in [0.1, 0.15) is 42.5 Å². The number of benzene rings is 2. The fourth-order valence-electron chi connectivity index (χ4n) is 5.24. The Labute approximate surface area is 242 Å². The van der Waals surface area contributed by atoms with E-state index in [1.807, 2.05) is 69.4 Å². The van der Waals surface area contributed by atoms with Crippen molar-refractivity contribution in [3.63, 3.8) is 0 Å². The Balaban J connectivity index is 1.49. The number of anilines is 2. The van der Waals surface area contributed by atoms with Gasteiger partial charge in [0.05, 0.1) is 11.8 Å². The highest BCUT2D eigenvalue weighted by Gasteiger charge is 2.39. The van der Waals surface area contributed by atoms with E-state index in [-0.39, 0.29) is 30.7 Å². The molecule has 3 amide bonds. The van der Waals surface area contributed by atoms with Gasteiger partial charge in [0, 0.05) is 31.5 Å². The van der Waals surface area contributed by atoms with Crippen LogP contribution in [0.25, 0.3) is 0 Å². The summed E-state index contributed by atoms with van der Waals surface area (Å²) < 4.78 is 0. The van der Waals surface area contributed by atoms with Gasteiger partial charge >= 0.3 is 0 Å². The number of hydrogen-bond acceptors (Lipinski definition) is 6. The third kappa shape index (κ3) is 7.99. The Hall–Kier alpha value is -4.08. The molecule has 41 heavy (non-hydrogen) atoms. The number of amides is 3. The maximum Gasteiger partial charge on any atom is 0.244 e. The zero-order valence-corrected chi connectivity index (χ0v) is 24.1. The topological polar surface area (TPSA) is 115 Å². The molecule has 4 N–H and O–H groups in total. The molecule has 2 aromatic carbocycles. The Morgan fingerprint density at radius 2 is 1.73 bits per heavy atom. The van der Waals surface area contributed by atoms with Gasteiger partial charge in [-0.1, -0.05) is 43.3 Å². The quantitative estimate of drug-likeness (QED) is 0.271. The summed E-state index contributed by atoms with van der Waals surface area (Å²) in [5, 5.41) is 12.3. The average Bonchev–Trinajstić information content (AvgIpc) is 3.41. The summed E-state index contributed by atoms with van der Waals surface area (Å²) in [4.78, 5) is 45.7. The largest absolute Gasteiger partial charge is 0.329 e. The van der Waals surface area contributed by atoms with Crippen molar-refractivity contribution in [2.45, 2.75) is 46.2 Å². The Bertz CT molecular complexity index is 1350. The SMILES string of the molecule is CCc1ccc(NC(=O)CN(Cc2ccccc2CNC)C(=O)C2(C)CCNC2)cc1CC(=O)Nc1ccccn1. The molecule has 0 bridgehead atoms. The zero-order valence-electron chi connectivity index (χ0n) is 24.1. The summed E-state index contributed by atoms with van der Waals surface area (Å²) in [5.41, 5.74) is 3.98. The third-order valence-electron chi connectivity index (χ3n) is 7.51. The molecule has 3 aromatic rings. The minimum absolute atomic E-state index is 0.0369. The Kier molecular flexibility index (Phi) is 10.2. The molecule has 0 radical (unpaired) electrons. The van der Waals surface area contributed by atoms with Crippen LogP contribution in [0.5, 0.6) is 0 Å². The number of nitrogens with zero attached hydrogens (tertiary/aromatic N) is 2. The van der Waals surface area contributed by atoms with E-state index in [2.05, 4.69) is 26.3 Å². The second-order valence-electron chi connectivity index (χ2n) is 10.8. The van der Waals surface area contributed by atoms with Crippen LogP contribution in [0.3, 0.4) is 0 Å². The molecule has 1 fully saturated rings. The maximum absolute atomic E-state index is 13.8. The molecule has 1 aliphatic heterocycles. The first-order valence-electron chi connectivity index (χ1n) is 14.2. The summed E-state index contributed by atoms with van der Waals surface area (Å²) in [5.74, 6) is -0.0122. The van der Waals surface area contributed by atoms with Crippen molar-refractivity contribution in [3.8, 4) is 0 Å². The number of aromatic nitrogens is 1. The molecular weight excluding hydrogens is 516 g/mol. The maximum atomic E-state index is 13.8. The molecule has 1 aromatic heterocycles.